The minimum Gasteiger partial charge on any atom is -0.0651 e. The van der Waals surface area contributed by atoms with Gasteiger partial charge in [-0.3, -0.25) is 0 Å². The Labute approximate surface area is 118 Å². The average Bonchev–Trinajstić information content (AvgIpc) is 2.15. The van der Waals surface area contributed by atoms with E-state index in [1.54, 1.807) is 0 Å². The fourth-order valence-corrected chi connectivity index (χ4v) is 2.03. The SMILES string of the molecule is CC(C)CC(C)C(C)(C)C.CCC(C)CC(C)C. The Morgan fingerprint density at radius 3 is 1.22 bits per heavy atom. The number of hydrogen-bond donors (Lipinski definition) is 0. The highest BCUT2D eigenvalue weighted by molar-refractivity contribution is 4.70. The van der Waals surface area contributed by atoms with E-state index >= 15 is 0 Å². The molecule has 2 atom stereocenters. The van der Waals surface area contributed by atoms with E-state index in [2.05, 4.69) is 69.2 Å². The van der Waals surface area contributed by atoms with Crippen LogP contribution in [0.15, 0.2) is 0 Å². The highest BCUT2D eigenvalue weighted by Crippen LogP contribution is 2.30. The van der Waals surface area contributed by atoms with Crippen LogP contribution in [0, 0.1) is 29.1 Å². The minimum atomic E-state index is 0.490. The predicted octanol–water partition coefficient (Wildman–Crippen LogP) is 6.79. The van der Waals surface area contributed by atoms with Crippen molar-refractivity contribution in [2.75, 3.05) is 0 Å². The van der Waals surface area contributed by atoms with Crippen LogP contribution in [0.2, 0.25) is 0 Å². The molecule has 0 saturated carbocycles. The summed E-state index contributed by atoms with van der Waals surface area (Å²) in [5.74, 6) is 3.49. The summed E-state index contributed by atoms with van der Waals surface area (Å²) in [7, 11) is 0. The van der Waals surface area contributed by atoms with Crippen molar-refractivity contribution < 1.29 is 0 Å². The highest BCUT2D eigenvalue weighted by atomic mass is 14.3. The smallest absolute Gasteiger partial charge is 0.0357 e. The van der Waals surface area contributed by atoms with E-state index in [0.29, 0.717) is 5.41 Å². The molecule has 0 aliphatic heterocycles. The molecule has 0 heterocycles. The summed E-state index contributed by atoms with van der Waals surface area (Å²) in [5.41, 5.74) is 0.490. The Morgan fingerprint density at radius 2 is 1.11 bits per heavy atom. The lowest BCUT2D eigenvalue weighted by molar-refractivity contribution is 0.224. The summed E-state index contributed by atoms with van der Waals surface area (Å²) in [6.07, 6.45) is 4.07. The van der Waals surface area contributed by atoms with E-state index in [1.807, 2.05) is 0 Å². The van der Waals surface area contributed by atoms with E-state index in [1.165, 1.54) is 19.3 Å². The van der Waals surface area contributed by atoms with Crippen LogP contribution < -0.4 is 0 Å². The van der Waals surface area contributed by atoms with Gasteiger partial charge < -0.3 is 0 Å². The molecule has 0 aliphatic rings. The second kappa shape index (κ2) is 9.87. The Kier molecular flexibility index (Phi) is 11.1. The van der Waals surface area contributed by atoms with E-state index in [-0.39, 0.29) is 0 Å². The van der Waals surface area contributed by atoms with Crippen LogP contribution in [0.1, 0.15) is 88.5 Å². The van der Waals surface area contributed by atoms with Crippen LogP contribution >= 0.6 is 0 Å². The zero-order valence-corrected chi connectivity index (χ0v) is 14.9. The Hall–Kier alpha value is 0. The molecule has 0 spiro atoms. The van der Waals surface area contributed by atoms with Crippen LogP contribution in [0.5, 0.6) is 0 Å². The predicted molar refractivity (Wildman–Crippen MR) is 87.0 cm³/mol. The zero-order chi connectivity index (χ0) is 14.9. The van der Waals surface area contributed by atoms with Crippen molar-refractivity contribution in [3.8, 4) is 0 Å². The molecule has 0 aromatic carbocycles. The molecule has 0 nitrogen and oxygen atoms in total. The molecule has 18 heavy (non-hydrogen) atoms. The summed E-state index contributed by atoms with van der Waals surface area (Å²) >= 11 is 0. The summed E-state index contributed by atoms with van der Waals surface area (Å²) in [6, 6.07) is 0. The van der Waals surface area contributed by atoms with Crippen LogP contribution in [-0.2, 0) is 0 Å². The van der Waals surface area contributed by atoms with Gasteiger partial charge in [0.2, 0.25) is 0 Å². The molecule has 0 N–H and O–H groups in total. The van der Waals surface area contributed by atoms with Crippen molar-refractivity contribution in [2.45, 2.75) is 88.5 Å². The monoisotopic (exact) mass is 256 g/mol. The zero-order valence-electron chi connectivity index (χ0n) is 14.9. The molecule has 0 radical (unpaired) electrons. The van der Waals surface area contributed by atoms with Crippen LogP contribution in [-0.4, -0.2) is 0 Å². The van der Waals surface area contributed by atoms with Crippen LogP contribution in [0.25, 0.3) is 0 Å². The number of hydrogen-bond acceptors (Lipinski definition) is 0. The quantitative estimate of drug-likeness (QED) is 0.508. The lowest BCUT2D eigenvalue weighted by atomic mass is 9.78. The van der Waals surface area contributed by atoms with E-state index < -0.39 is 0 Å². The van der Waals surface area contributed by atoms with Gasteiger partial charge >= 0.3 is 0 Å². The second-order valence-corrected chi connectivity index (χ2v) is 8.04. The number of rotatable bonds is 5. The van der Waals surface area contributed by atoms with Gasteiger partial charge in [0.05, 0.1) is 0 Å². The first-order valence-electron chi connectivity index (χ1n) is 8.00. The largest absolute Gasteiger partial charge is 0.0651 e. The van der Waals surface area contributed by atoms with Crippen molar-refractivity contribution in [2.24, 2.45) is 29.1 Å². The molecular weight excluding hydrogens is 216 g/mol. The fraction of sp³-hybridized carbons (Fsp3) is 1.00. The fourth-order valence-electron chi connectivity index (χ4n) is 2.03. The third-order valence-electron chi connectivity index (χ3n) is 3.87. The third kappa shape index (κ3) is 14.1. The van der Waals surface area contributed by atoms with Gasteiger partial charge in [0, 0.05) is 0 Å². The highest BCUT2D eigenvalue weighted by Gasteiger charge is 2.20. The van der Waals surface area contributed by atoms with Crippen molar-refractivity contribution in [1.82, 2.24) is 0 Å². The van der Waals surface area contributed by atoms with Crippen molar-refractivity contribution in [1.29, 1.82) is 0 Å². The lowest BCUT2D eigenvalue weighted by Crippen LogP contribution is -2.18. The van der Waals surface area contributed by atoms with Crippen LogP contribution in [0.4, 0.5) is 0 Å². The Balaban J connectivity index is 0. The Morgan fingerprint density at radius 1 is 0.722 bits per heavy atom. The minimum absolute atomic E-state index is 0.490. The van der Waals surface area contributed by atoms with Gasteiger partial charge in [-0.25, -0.2) is 0 Å². The molecule has 0 aromatic heterocycles. The van der Waals surface area contributed by atoms with Crippen molar-refractivity contribution in [3.63, 3.8) is 0 Å². The van der Waals surface area contributed by atoms with Gasteiger partial charge in [-0.2, -0.15) is 0 Å². The topological polar surface area (TPSA) is 0 Å². The van der Waals surface area contributed by atoms with E-state index in [0.717, 1.165) is 23.7 Å². The first kappa shape index (κ1) is 20.3. The molecule has 0 bridgehead atoms. The molecule has 0 rings (SSSR count). The van der Waals surface area contributed by atoms with Gasteiger partial charge in [0.15, 0.2) is 0 Å². The molecular formula is C18H40. The molecule has 2 unspecified atom stereocenters. The third-order valence-corrected chi connectivity index (χ3v) is 3.87. The molecule has 112 valence electrons. The van der Waals surface area contributed by atoms with Gasteiger partial charge in [0.25, 0.3) is 0 Å². The maximum Gasteiger partial charge on any atom is -0.0357 e. The molecule has 0 fully saturated rings. The van der Waals surface area contributed by atoms with Crippen molar-refractivity contribution >= 4 is 0 Å². The molecule has 0 amide bonds. The summed E-state index contributed by atoms with van der Waals surface area (Å²) < 4.78 is 0. The summed E-state index contributed by atoms with van der Waals surface area (Å²) in [6.45, 7) is 23.0. The normalized spacial score (nSPS) is 15.3. The molecule has 0 saturated heterocycles. The second-order valence-electron chi connectivity index (χ2n) is 8.04. The first-order valence-corrected chi connectivity index (χ1v) is 8.00. The van der Waals surface area contributed by atoms with Gasteiger partial charge in [0.1, 0.15) is 0 Å². The summed E-state index contributed by atoms with van der Waals surface area (Å²) in [4.78, 5) is 0. The van der Waals surface area contributed by atoms with Crippen LogP contribution in [0.3, 0.4) is 0 Å². The van der Waals surface area contributed by atoms with Gasteiger partial charge in [-0.15, -0.1) is 0 Å². The molecule has 0 aliphatic carbocycles. The standard InChI is InChI=1S/C10H22.C8H18/c1-8(2)7-9(3)10(4,5)6;1-5-8(4)6-7(2)3/h8-9H,7H2,1-6H3;7-8H,5-6H2,1-4H3. The lowest BCUT2D eigenvalue weighted by Gasteiger charge is -2.28. The van der Waals surface area contributed by atoms with Crippen molar-refractivity contribution in [3.05, 3.63) is 0 Å². The molecule has 0 aromatic rings. The molecule has 0 heteroatoms. The maximum atomic E-state index is 2.35. The average molecular weight is 257 g/mol. The van der Waals surface area contributed by atoms with Gasteiger partial charge in [-0.1, -0.05) is 75.7 Å². The summed E-state index contributed by atoms with van der Waals surface area (Å²) in [5, 5.41) is 0. The maximum absolute atomic E-state index is 2.35. The first-order chi connectivity index (χ1) is 8.00. The van der Waals surface area contributed by atoms with E-state index in [4.69, 9.17) is 0 Å². The Bertz CT molecular complexity index is 171. The van der Waals surface area contributed by atoms with Gasteiger partial charge in [-0.05, 0) is 41.9 Å². The van der Waals surface area contributed by atoms with E-state index in [9.17, 15) is 0 Å².